The van der Waals surface area contributed by atoms with E-state index in [4.69, 9.17) is 0 Å². The summed E-state index contributed by atoms with van der Waals surface area (Å²) in [6, 6.07) is 1.59. The quantitative estimate of drug-likeness (QED) is 0.622. The van der Waals surface area contributed by atoms with Gasteiger partial charge in [0.15, 0.2) is 11.8 Å². The number of carbonyl (C=O) groups is 1. The molecule has 2 aromatic rings. The maximum atomic E-state index is 11.1. The van der Waals surface area contributed by atoms with Crippen LogP contribution in [0, 0.1) is 0 Å². The Balaban J connectivity index is 2.29. The molecule has 3 N–H and O–H groups in total. The zero-order valence-electron chi connectivity index (χ0n) is 8.99. The first-order valence-corrected chi connectivity index (χ1v) is 4.86. The second kappa shape index (κ2) is 4.48. The van der Waals surface area contributed by atoms with Crippen molar-refractivity contribution in [1.29, 1.82) is 0 Å². The third kappa shape index (κ3) is 2.10. The second-order valence-corrected chi connectivity index (χ2v) is 3.49. The van der Waals surface area contributed by atoms with Crippen molar-refractivity contribution >= 4 is 17.0 Å². The molecule has 0 saturated heterocycles. The second-order valence-electron chi connectivity index (χ2n) is 3.49. The standard InChI is InChI=1S/C10H11N3O4/c1-17-10(16)8(15)7(14)5-2-6-4-12-13-9(6)11-3-5/h2-4,7-8,14-15H,1H3,(H,11,12,13). The number of aromatic amines is 1. The highest BCUT2D eigenvalue weighted by Gasteiger charge is 2.26. The molecule has 2 aromatic heterocycles. The van der Waals surface area contributed by atoms with Crippen LogP contribution in [0.25, 0.3) is 11.0 Å². The van der Waals surface area contributed by atoms with Gasteiger partial charge in [-0.3, -0.25) is 5.10 Å². The first-order chi connectivity index (χ1) is 8.13. The van der Waals surface area contributed by atoms with Gasteiger partial charge in [0.1, 0.15) is 6.10 Å². The zero-order chi connectivity index (χ0) is 12.4. The Hall–Kier alpha value is -1.99. The fraction of sp³-hybridized carbons (Fsp3) is 0.300. The molecule has 0 bridgehead atoms. The van der Waals surface area contributed by atoms with Crippen LogP contribution < -0.4 is 0 Å². The molecule has 2 atom stereocenters. The number of carbonyl (C=O) groups excluding carboxylic acids is 1. The summed E-state index contributed by atoms with van der Waals surface area (Å²) in [6.07, 6.45) is -0.124. The van der Waals surface area contributed by atoms with Gasteiger partial charge >= 0.3 is 5.97 Å². The average molecular weight is 237 g/mol. The summed E-state index contributed by atoms with van der Waals surface area (Å²) in [5.41, 5.74) is 0.880. The zero-order valence-corrected chi connectivity index (χ0v) is 8.99. The summed E-state index contributed by atoms with van der Waals surface area (Å²) in [6.45, 7) is 0. The van der Waals surface area contributed by atoms with E-state index in [0.29, 0.717) is 16.6 Å². The molecule has 2 heterocycles. The number of H-pyrrole nitrogens is 1. The molecular weight excluding hydrogens is 226 g/mol. The molecule has 0 aliphatic heterocycles. The molecule has 0 saturated carbocycles. The lowest BCUT2D eigenvalue weighted by Crippen LogP contribution is -2.29. The molecule has 0 radical (unpaired) electrons. The molecular formula is C10H11N3O4. The van der Waals surface area contributed by atoms with Crippen molar-refractivity contribution < 1.29 is 19.7 Å². The van der Waals surface area contributed by atoms with Gasteiger partial charge in [-0.25, -0.2) is 9.78 Å². The molecule has 0 aromatic carbocycles. The number of aliphatic hydroxyl groups is 2. The molecule has 7 heteroatoms. The fourth-order valence-electron chi connectivity index (χ4n) is 1.45. The van der Waals surface area contributed by atoms with Crippen molar-refractivity contribution in [3.63, 3.8) is 0 Å². The summed E-state index contributed by atoms with van der Waals surface area (Å²) in [5, 5.41) is 26.4. The van der Waals surface area contributed by atoms with E-state index in [0.717, 1.165) is 7.11 Å². The molecule has 2 rings (SSSR count). The molecule has 0 fully saturated rings. The SMILES string of the molecule is COC(=O)C(O)C(O)c1cnc2[nH]ncc2c1. The van der Waals surface area contributed by atoms with Gasteiger partial charge in [-0.05, 0) is 6.07 Å². The van der Waals surface area contributed by atoms with Crippen LogP contribution in [0.5, 0.6) is 0 Å². The fourth-order valence-corrected chi connectivity index (χ4v) is 1.45. The predicted octanol–water partition coefficient (Wildman–Crippen LogP) is -0.475. The Bertz CT molecular complexity index is 539. The van der Waals surface area contributed by atoms with Crippen molar-refractivity contribution in [2.45, 2.75) is 12.2 Å². The Morgan fingerprint density at radius 2 is 2.24 bits per heavy atom. The Labute approximate surface area is 96.1 Å². The lowest BCUT2D eigenvalue weighted by Gasteiger charge is -2.15. The van der Waals surface area contributed by atoms with Gasteiger partial charge in [0, 0.05) is 17.1 Å². The Morgan fingerprint density at radius 1 is 1.47 bits per heavy atom. The van der Waals surface area contributed by atoms with E-state index < -0.39 is 18.2 Å². The van der Waals surface area contributed by atoms with E-state index in [1.54, 1.807) is 6.07 Å². The van der Waals surface area contributed by atoms with Crippen LogP contribution in [0.3, 0.4) is 0 Å². The summed E-state index contributed by atoms with van der Waals surface area (Å²) >= 11 is 0. The molecule has 17 heavy (non-hydrogen) atoms. The van der Waals surface area contributed by atoms with Crippen LogP contribution in [0.1, 0.15) is 11.7 Å². The van der Waals surface area contributed by atoms with Crippen LogP contribution in [0.4, 0.5) is 0 Å². The van der Waals surface area contributed by atoms with Gasteiger partial charge in [0.25, 0.3) is 0 Å². The molecule has 90 valence electrons. The number of hydrogen-bond acceptors (Lipinski definition) is 6. The van der Waals surface area contributed by atoms with Gasteiger partial charge < -0.3 is 14.9 Å². The number of aliphatic hydroxyl groups excluding tert-OH is 2. The van der Waals surface area contributed by atoms with Gasteiger partial charge in [0.05, 0.1) is 13.3 Å². The number of pyridine rings is 1. The van der Waals surface area contributed by atoms with Crippen LogP contribution >= 0.6 is 0 Å². The number of hydrogen-bond donors (Lipinski definition) is 3. The van der Waals surface area contributed by atoms with E-state index >= 15 is 0 Å². The van der Waals surface area contributed by atoms with E-state index in [1.807, 2.05) is 0 Å². The number of nitrogens with one attached hydrogen (secondary N) is 1. The third-order valence-electron chi connectivity index (χ3n) is 2.40. The maximum absolute atomic E-state index is 11.1. The minimum absolute atomic E-state index is 0.316. The summed E-state index contributed by atoms with van der Waals surface area (Å²) < 4.78 is 4.34. The highest BCUT2D eigenvalue weighted by Crippen LogP contribution is 2.20. The van der Waals surface area contributed by atoms with Crippen molar-refractivity contribution in [2.75, 3.05) is 7.11 Å². The smallest absolute Gasteiger partial charge is 0.337 e. The first kappa shape index (κ1) is 11.5. The van der Waals surface area contributed by atoms with E-state index in [2.05, 4.69) is 19.9 Å². The maximum Gasteiger partial charge on any atom is 0.337 e. The Kier molecular flexibility index (Phi) is 3.03. The highest BCUT2D eigenvalue weighted by molar-refractivity contribution is 5.77. The first-order valence-electron chi connectivity index (χ1n) is 4.86. The largest absolute Gasteiger partial charge is 0.467 e. The summed E-state index contributed by atoms with van der Waals surface area (Å²) in [4.78, 5) is 15.1. The summed E-state index contributed by atoms with van der Waals surface area (Å²) in [7, 11) is 1.13. The monoisotopic (exact) mass is 237 g/mol. The van der Waals surface area contributed by atoms with Gasteiger partial charge in [-0.1, -0.05) is 0 Å². The molecule has 0 amide bonds. The van der Waals surface area contributed by atoms with Crippen molar-refractivity contribution in [2.24, 2.45) is 0 Å². The molecule has 0 spiro atoms. The van der Waals surface area contributed by atoms with Gasteiger partial charge in [-0.2, -0.15) is 5.10 Å². The van der Waals surface area contributed by atoms with Crippen LogP contribution in [0.2, 0.25) is 0 Å². The van der Waals surface area contributed by atoms with Gasteiger partial charge in [-0.15, -0.1) is 0 Å². The average Bonchev–Trinajstić information content (AvgIpc) is 2.83. The van der Waals surface area contributed by atoms with Crippen LogP contribution in [-0.2, 0) is 9.53 Å². The van der Waals surface area contributed by atoms with Crippen molar-refractivity contribution in [3.05, 3.63) is 24.0 Å². The van der Waals surface area contributed by atoms with Gasteiger partial charge in [0.2, 0.25) is 0 Å². The van der Waals surface area contributed by atoms with Crippen LogP contribution in [-0.4, -0.2) is 44.6 Å². The van der Waals surface area contributed by atoms with Crippen molar-refractivity contribution in [1.82, 2.24) is 15.2 Å². The predicted molar refractivity (Wildman–Crippen MR) is 56.9 cm³/mol. The minimum Gasteiger partial charge on any atom is -0.467 e. The number of rotatable bonds is 3. The third-order valence-corrected chi connectivity index (χ3v) is 2.40. The number of fused-ring (bicyclic) bond motifs is 1. The highest BCUT2D eigenvalue weighted by atomic mass is 16.5. The van der Waals surface area contributed by atoms with Crippen molar-refractivity contribution in [3.8, 4) is 0 Å². The number of nitrogens with zero attached hydrogens (tertiary/aromatic N) is 2. The molecule has 0 aliphatic carbocycles. The topological polar surface area (TPSA) is 108 Å². The number of ether oxygens (including phenoxy) is 1. The molecule has 7 nitrogen and oxygen atoms in total. The minimum atomic E-state index is -1.63. The normalized spacial score (nSPS) is 14.5. The van der Waals surface area contributed by atoms with E-state index in [9.17, 15) is 15.0 Å². The number of esters is 1. The lowest BCUT2D eigenvalue weighted by atomic mass is 10.1. The molecule has 2 unspecified atom stereocenters. The van der Waals surface area contributed by atoms with E-state index in [1.165, 1.54) is 12.4 Å². The van der Waals surface area contributed by atoms with E-state index in [-0.39, 0.29) is 0 Å². The number of aromatic nitrogens is 3. The van der Waals surface area contributed by atoms with Crippen LogP contribution in [0.15, 0.2) is 18.5 Å². The summed E-state index contributed by atoms with van der Waals surface area (Å²) in [5.74, 6) is -0.898. The Morgan fingerprint density at radius 3 is 2.94 bits per heavy atom. The lowest BCUT2D eigenvalue weighted by molar-refractivity contribution is -0.156. The number of methoxy groups -OCH3 is 1. The molecule has 0 aliphatic rings.